The van der Waals surface area contributed by atoms with Crippen LogP contribution in [0.25, 0.3) is 0 Å². The second-order valence-corrected chi connectivity index (χ2v) is 19.5. The van der Waals surface area contributed by atoms with Crippen molar-refractivity contribution in [2.45, 2.75) is 120 Å². The molecule has 4 atom stereocenters. The lowest BCUT2D eigenvalue weighted by molar-refractivity contribution is -0.143. The number of unbranched alkanes of at least 4 members (excludes halogenated alkanes) is 5. The van der Waals surface area contributed by atoms with Crippen molar-refractivity contribution in [3.8, 4) is 0 Å². The van der Waals surface area contributed by atoms with E-state index in [1.807, 2.05) is 0 Å². The van der Waals surface area contributed by atoms with E-state index in [0.717, 1.165) is 0 Å². The fraction of sp³-hybridized carbons (Fsp3) is 0.654. The van der Waals surface area contributed by atoms with Crippen molar-refractivity contribution in [1.82, 2.24) is 51.5 Å². The topological polar surface area (TPSA) is 400 Å². The van der Waals surface area contributed by atoms with Gasteiger partial charge < -0.3 is 67.0 Å². The van der Waals surface area contributed by atoms with Gasteiger partial charge in [-0.15, -0.1) is 0 Å². The summed E-state index contributed by atoms with van der Waals surface area (Å²) in [5.41, 5.74) is 0.689. The first-order valence-electron chi connectivity index (χ1n) is 26.9. The Balaban J connectivity index is 1.82. The summed E-state index contributed by atoms with van der Waals surface area (Å²) in [6.45, 7) is 1.39. The summed E-state index contributed by atoms with van der Waals surface area (Å²) in [5.74, 6) is -8.09. The number of ether oxygens (including phenoxy) is 1. The predicted molar refractivity (Wildman–Crippen MR) is 286 cm³/mol. The number of hydrogen-bond acceptors (Lipinski definition) is 17. The molecule has 11 N–H and O–H groups in total. The zero-order chi connectivity index (χ0) is 59.2. The van der Waals surface area contributed by atoms with E-state index < -0.39 is 77.8 Å². The van der Waals surface area contributed by atoms with Crippen molar-refractivity contribution in [3.63, 3.8) is 0 Å². The number of nitrogens with zero attached hydrogens (tertiary/aromatic N) is 4. The quantitative estimate of drug-likeness (QED) is 0.0214. The van der Waals surface area contributed by atoms with Crippen molar-refractivity contribution in [2.75, 3.05) is 98.7 Å². The maximum Gasteiger partial charge on any atom is 0.326 e. The molecule has 1 heterocycles. The highest BCUT2D eigenvalue weighted by atomic mass is 16.5. The SMILES string of the molecule is COC(=O)CN1CCN(CC(=O)O)CCN(CC(=O)O)CCN(CC(=O)NC(Cc2ccccc2)C(=O)NC(CCCCNC(=O)CCCCCCC(=O)NCCCC[C@H](NC(=O)N[C@H](C=O)CCC(=O)O)C(=O)O)C(=O)O)CC1. The number of urea groups is 1. The van der Waals surface area contributed by atoms with Crippen LogP contribution >= 0.6 is 0 Å². The molecule has 1 aromatic rings. The maximum atomic E-state index is 13.8. The number of rotatable bonds is 38. The molecule has 0 aromatic heterocycles. The van der Waals surface area contributed by atoms with Crippen LogP contribution in [0, 0.1) is 0 Å². The number of aldehydes is 1. The molecule has 80 heavy (non-hydrogen) atoms. The van der Waals surface area contributed by atoms with E-state index >= 15 is 0 Å². The number of aliphatic carboxylic acids is 5. The third kappa shape index (κ3) is 32.6. The lowest BCUT2D eigenvalue weighted by atomic mass is 10.0. The van der Waals surface area contributed by atoms with E-state index in [1.165, 1.54) is 7.11 Å². The summed E-state index contributed by atoms with van der Waals surface area (Å²) < 4.78 is 4.87. The monoisotopic (exact) mass is 1130 g/mol. The summed E-state index contributed by atoms with van der Waals surface area (Å²) in [6, 6.07) is 3.03. The summed E-state index contributed by atoms with van der Waals surface area (Å²) in [4.78, 5) is 153. The number of benzene rings is 1. The molecule has 28 heteroatoms. The highest BCUT2D eigenvalue weighted by Crippen LogP contribution is 2.10. The highest BCUT2D eigenvalue weighted by molar-refractivity contribution is 5.91. The van der Waals surface area contributed by atoms with Crippen molar-refractivity contribution < 1.29 is 87.8 Å². The number of hydrogen-bond donors (Lipinski definition) is 11. The van der Waals surface area contributed by atoms with Crippen LogP contribution in [0.3, 0.4) is 0 Å². The Morgan fingerprint density at radius 1 is 0.500 bits per heavy atom. The molecule has 1 aliphatic rings. The van der Waals surface area contributed by atoms with E-state index in [9.17, 15) is 78.0 Å². The molecule has 1 aliphatic heterocycles. The Bertz CT molecular complexity index is 2160. The van der Waals surface area contributed by atoms with E-state index in [1.54, 1.807) is 49.9 Å². The Morgan fingerprint density at radius 2 is 0.963 bits per heavy atom. The Morgan fingerprint density at radius 3 is 1.40 bits per heavy atom. The summed E-state index contributed by atoms with van der Waals surface area (Å²) >= 11 is 0. The van der Waals surface area contributed by atoms with Crippen LogP contribution in [0.1, 0.15) is 95.5 Å². The lowest BCUT2D eigenvalue weighted by Crippen LogP contribution is -2.54. The average Bonchev–Trinajstić information content (AvgIpc) is 3.40. The highest BCUT2D eigenvalue weighted by Gasteiger charge is 2.29. The standard InChI is InChI=1S/C52H82N10O18/c1-80-48(73)35-62-29-24-59(23-25-60(33-46(69)70)26-27-61(28-30-62)34-47(71)72)32-44(66)56-41(31-37-13-5-4-6-14-37)49(74)57-39(50(75)76)15-9-11-21-53-42(64)17-7-2-3-8-18-43(65)54-22-12-10-16-40(51(77)78)58-52(79)55-38(36-63)19-20-45(67)68/h4-6,13-14,36,38-41H,2-3,7-12,15-35H2,1H3,(H,53,64)(H,54,65)(H,56,66)(H,57,74)(H,67,68)(H,69,70)(H,71,72)(H,75,76)(H,77,78)(H2,55,58,79)/t38-,39?,40-,41?/m0/s1. The molecule has 1 fully saturated rings. The van der Waals surface area contributed by atoms with Gasteiger partial charge in [-0.2, -0.15) is 0 Å². The minimum Gasteiger partial charge on any atom is -0.481 e. The molecule has 0 saturated carbocycles. The van der Waals surface area contributed by atoms with Crippen LogP contribution in [-0.2, 0) is 63.9 Å². The zero-order valence-corrected chi connectivity index (χ0v) is 45.6. The summed E-state index contributed by atoms with van der Waals surface area (Å²) in [5, 5.41) is 62.8. The van der Waals surface area contributed by atoms with Crippen LogP contribution in [0.2, 0.25) is 0 Å². The van der Waals surface area contributed by atoms with Crippen molar-refractivity contribution in [2.24, 2.45) is 0 Å². The summed E-state index contributed by atoms with van der Waals surface area (Å²) in [7, 11) is 1.25. The molecule has 2 unspecified atom stereocenters. The van der Waals surface area contributed by atoms with Gasteiger partial charge in [0.05, 0.1) is 39.3 Å². The predicted octanol–water partition coefficient (Wildman–Crippen LogP) is -1.05. The Labute approximate surface area is 465 Å². The Kier molecular flexibility index (Phi) is 34.4. The molecule has 448 valence electrons. The number of methoxy groups -OCH3 is 1. The number of amides is 6. The van der Waals surface area contributed by atoms with Crippen LogP contribution in [-0.4, -0.2) is 240 Å². The van der Waals surface area contributed by atoms with Gasteiger partial charge in [0.2, 0.25) is 23.6 Å². The second kappa shape index (κ2) is 40.0. The number of nitrogens with one attached hydrogen (secondary N) is 6. The zero-order valence-electron chi connectivity index (χ0n) is 45.6. The molecule has 0 spiro atoms. The number of carbonyl (C=O) groups excluding carboxylic acids is 7. The van der Waals surface area contributed by atoms with Crippen LogP contribution < -0.4 is 31.9 Å². The van der Waals surface area contributed by atoms with Gasteiger partial charge in [0, 0.05) is 91.1 Å². The lowest BCUT2D eigenvalue weighted by Gasteiger charge is -2.33. The third-order valence-electron chi connectivity index (χ3n) is 12.9. The number of carboxylic acid groups (broad SMARTS) is 5. The Hall–Kier alpha value is -7.30. The first-order valence-corrected chi connectivity index (χ1v) is 26.9. The molecule has 1 aromatic carbocycles. The van der Waals surface area contributed by atoms with Gasteiger partial charge in [-0.25, -0.2) is 14.4 Å². The van der Waals surface area contributed by atoms with Crippen LogP contribution in [0.5, 0.6) is 0 Å². The molecule has 6 amide bonds. The van der Waals surface area contributed by atoms with Gasteiger partial charge in [0.1, 0.15) is 24.4 Å². The molecule has 0 bridgehead atoms. The van der Waals surface area contributed by atoms with Crippen molar-refractivity contribution in [1.29, 1.82) is 0 Å². The number of esters is 1. The fourth-order valence-corrected chi connectivity index (χ4v) is 8.46. The van der Waals surface area contributed by atoms with Gasteiger partial charge in [-0.1, -0.05) is 43.2 Å². The smallest absolute Gasteiger partial charge is 0.326 e. The molecule has 28 nitrogen and oxygen atoms in total. The van der Waals surface area contributed by atoms with E-state index in [4.69, 9.17) is 9.84 Å². The number of carboxylic acids is 5. The van der Waals surface area contributed by atoms with Gasteiger partial charge >= 0.3 is 41.8 Å². The number of carbonyl (C=O) groups is 12. The second-order valence-electron chi connectivity index (χ2n) is 19.5. The van der Waals surface area contributed by atoms with E-state index in [0.29, 0.717) is 63.2 Å². The largest absolute Gasteiger partial charge is 0.481 e. The minimum atomic E-state index is -1.32. The molecular formula is C52H82N10O18. The van der Waals surface area contributed by atoms with E-state index in [-0.39, 0.29) is 148 Å². The average molecular weight is 1140 g/mol. The van der Waals surface area contributed by atoms with Gasteiger partial charge in [0.15, 0.2) is 0 Å². The molecule has 0 aliphatic carbocycles. The van der Waals surface area contributed by atoms with Gasteiger partial charge in [-0.05, 0) is 63.4 Å². The van der Waals surface area contributed by atoms with Crippen molar-refractivity contribution >= 4 is 71.8 Å². The van der Waals surface area contributed by atoms with Crippen molar-refractivity contribution in [3.05, 3.63) is 35.9 Å². The third-order valence-corrected chi connectivity index (χ3v) is 12.9. The maximum absolute atomic E-state index is 13.8. The molecule has 0 radical (unpaired) electrons. The van der Waals surface area contributed by atoms with Crippen LogP contribution in [0.4, 0.5) is 4.79 Å². The summed E-state index contributed by atoms with van der Waals surface area (Å²) in [6.07, 6.45) is 4.54. The molecule has 2 rings (SSSR count). The van der Waals surface area contributed by atoms with E-state index in [2.05, 4.69) is 31.9 Å². The molecule has 1 saturated heterocycles. The van der Waals surface area contributed by atoms with Crippen LogP contribution in [0.15, 0.2) is 30.3 Å². The molecular weight excluding hydrogens is 1050 g/mol. The van der Waals surface area contributed by atoms with Gasteiger partial charge in [0.25, 0.3) is 0 Å². The minimum absolute atomic E-state index is 0.0257. The van der Waals surface area contributed by atoms with Gasteiger partial charge in [-0.3, -0.25) is 58.0 Å². The first kappa shape index (κ1) is 68.8. The fourth-order valence-electron chi connectivity index (χ4n) is 8.46. The normalized spacial score (nSPS) is 15.4. The first-order chi connectivity index (χ1) is 38.2.